The summed E-state index contributed by atoms with van der Waals surface area (Å²) >= 11 is 0. The van der Waals surface area contributed by atoms with E-state index in [1.165, 1.54) is 11.9 Å². The molecule has 0 unspecified atom stereocenters. The molecule has 0 radical (unpaired) electrons. The number of nitrogen functional groups attached to an aromatic ring is 1. The third kappa shape index (κ3) is 4.38. The van der Waals surface area contributed by atoms with Crippen molar-refractivity contribution in [3.8, 4) is 0 Å². The number of rotatable bonds is 5. The monoisotopic (exact) mass is 353 g/mol. The Kier molecular flexibility index (Phi) is 5.95. The van der Waals surface area contributed by atoms with Crippen LogP contribution in [0.4, 0.5) is 10.5 Å². The van der Waals surface area contributed by atoms with Gasteiger partial charge in [-0.1, -0.05) is 29.8 Å². The molecule has 0 aromatic heterocycles. The molecular formula is C19H23N5O2. The first-order chi connectivity index (χ1) is 12.3. The maximum absolute atomic E-state index is 12.4. The third-order valence-corrected chi connectivity index (χ3v) is 4.00. The lowest BCUT2D eigenvalue weighted by atomic mass is 10.1. The van der Waals surface area contributed by atoms with E-state index in [0.29, 0.717) is 16.8 Å². The Balaban J connectivity index is 2.26. The van der Waals surface area contributed by atoms with Gasteiger partial charge in [-0.25, -0.2) is 4.79 Å². The van der Waals surface area contributed by atoms with Gasteiger partial charge in [0.1, 0.15) is 5.84 Å². The van der Waals surface area contributed by atoms with Gasteiger partial charge in [0, 0.05) is 31.8 Å². The Morgan fingerprint density at radius 1 is 1.15 bits per heavy atom. The van der Waals surface area contributed by atoms with Gasteiger partial charge < -0.3 is 16.4 Å². The number of amides is 3. The number of anilines is 1. The third-order valence-electron chi connectivity index (χ3n) is 4.00. The minimum atomic E-state index is -0.308. The van der Waals surface area contributed by atoms with Gasteiger partial charge in [-0.2, -0.15) is 0 Å². The molecule has 0 heterocycles. The Bertz CT molecular complexity index is 848. The standard InChI is InChI=1S/C19H23N5O2/c1-12-5-4-6-14(9-12)18(25)23-11-15-8-7-13(17(20)21)10-16(15)24(3)19(26)22-2/h4-10H,11H2,1-3H3,(H3,20,21)(H,22,26)(H,23,25). The highest BCUT2D eigenvalue weighted by atomic mass is 16.2. The van der Waals surface area contributed by atoms with E-state index in [-0.39, 0.29) is 24.3 Å². The van der Waals surface area contributed by atoms with Crippen LogP contribution in [0.25, 0.3) is 0 Å². The number of amidine groups is 1. The smallest absolute Gasteiger partial charge is 0.321 e. The molecule has 5 N–H and O–H groups in total. The van der Waals surface area contributed by atoms with Crippen LogP contribution in [-0.2, 0) is 6.54 Å². The lowest BCUT2D eigenvalue weighted by molar-refractivity contribution is 0.0951. The summed E-state index contributed by atoms with van der Waals surface area (Å²) in [5.74, 6) is -0.287. The molecule has 7 heteroatoms. The van der Waals surface area contributed by atoms with Crippen LogP contribution in [0.1, 0.15) is 27.0 Å². The van der Waals surface area contributed by atoms with Crippen molar-refractivity contribution in [1.29, 1.82) is 5.41 Å². The maximum Gasteiger partial charge on any atom is 0.321 e. The predicted octanol–water partition coefficient (Wildman–Crippen LogP) is 1.98. The molecule has 0 aliphatic heterocycles. The summed E-state index contributed by atoms with van der Waals surface area (Å²) in [6.07, 6.45) is 0. The SMILES string of the molecule is CNC(=O)N(C)c1cc(C(=N)N)ccc1CNC(=O)c1cccc(C)c1. The minimum Gasteiger partial charge on any atom is -0.384 e. The van der Waals surface area contributed by atoms with Crippen LogP contribution in [0.2, 0.25) is 0 Å². The van der Waals surface area contributed by atoms with Gasteiger partial charge >= 0.3 is 6.03 Å². The van der Waals surface area contributed by atoms with Crippen molar-refractivity contribution in [1.82, 2.24) is 10.6 Å². The van der Waals surface area contributed by atoms with E-state index in [1.54, 1.807) is 31.3 Å². The van der Waals surface area contributed by atoms with Crippen molar-refractivity contribution in [2.75, 3.05) is 19.0 Å². The first-order valence-electron chi connectivity index (χ1n) is 8.11. The number of nitrogens with two attached hydrogens (primary N) is 1. The van der Waals surface area contributed by atoms with Gasteiger partial charge in [0.25, 0.3) is 5.91 Å². The fraction of sp³-hybridized carbons (Fsp3) is 0.211. The molecule has 0 aliphatic carbocycles. The van der Waals surface area contributed by atoms with Crippen molar-refractivity contribution < 1.29 is 9.59 Å². The van der Waals surface area contributed by atoms with Crippen LogP contribution in [-0.4, -0.2) is 31.9 Å². The van der Waals surface area contributed by atoms with Crippen LogP contribution in [0, 0.1) is 12.3 Å². The number of hydrogen-bond acceptors (Lipinski definition) is 3. The zero-order valence-corrected chi connectivity index (χ0v) is 15.1. The van der Waals surface area contributed by atoms with E-state index >= 15 is 0 Å². The lowest BCUT2D eigenvalue weighted by Gasteiger charge is -2.21. The highest BCUT2D eigenvalue weighted by molar-refractivity contribution is 5.99. The number of urea groups is 1. The zero-order valence-electron chi connectivity index (χ0n) is 15.1. The molecule has 2 rings (SSSR count). The molecule has 2 aromatic rings. The number of carbonyl (C=O) groups is 2. The van der Waals surface area contributed by atoms with Crippen LogP contribution in [0.15, 0.2) is 42.5 Å². The summed E-state index contributed by atoms with van der Waals surface area (Å²) in [6.45, 7) is 2.16. The van der Waals surface area contributed by atoms with Crippen LogP contribution in [0.5, 0.6) is 0 Å². The number of nitrogens with one attached hydrogen (secondary N) is 3. The van der Waals surface area contributed by atoms with E-state index in [1.807, 2.05) is 25.1 Å². The average molecular weight is 353 g/mol. The lowest BCUT2D eigenvalue weighted by Crippen LogP contribution is -2.36. The number of aryl methyl sites for hydroxylation is 1. The van der Waals surface area contributed by atoms with Crippen molar-refractivity contribution in [3.05, 3.63) is 64.7 Å². The van der Waals surface area contributed by atoms with Gasteiger partial charge in [0.2, 0.25) is 0 Å². The fourth-order valence-corrected chi connectivity index (χ4v) is 2.53. The van der Waals surface area contributed by atoms with Crippen LogP contribution in [0.3, 0.4) is 0 Å². The van der Waals surface area contributed by atoms with Gasteiger partial charge in [-0.15, -0.1) is 0 Å². The second-order valence-corrected chi connectivity index (χ2v) is 5.92. The number of nitrogens with zero attached hydrogens (tertiary/aromatic N) is 1. The normalized spacial score (nSPS) is 10.1. The second kappa shape index (κ2) is 8.15. The molecule has 3 amide bonds. The highest BCUT2D eigenvalue weighted by Gasteiger charge is 2.16. The van der Waals surface area contributed by atoms with Crippen molar-refractivity contribution in [2.24, 2.45) is 5.73 Å². The Hall–Kier alpha value is -3.35. The average Bonchev–Trinajstić information content (AvgIpc) is 2.64. The quantitative estimate of drug-likeness (QED) is 0.487. The topological polar surface area (TPSA) is 111 Å². The van der Waals surface area contributed by atoms with E-state index in [4.69, 9.17) is 11.1 Å². The summed E-state index contributed by atoms with van der Waals surface area (Å²) in [4.78, 5) is 25.8. The molecule has 0 atom stereocenters. The van der Waals surface area contributed by atoms with Crippen molar-refractivity contribution in [3.63, 3.8) is 0 Å². The van der Waals surface area contributed by atoms with Crippen LogP contribution < -0.4 is 21.3 Å². The zero-order chi connectivity index (χ0) is 19.3. The van der Waals surface area contributed by atoms with E-state index in [9.17, 15) is 9.59 Å². The Labute approximate surface area is 152 Å². The highest BCUT2D eigenvalue weighted by Crippen LogP contribution is 2.22. The predicted molar refractivity (Wildman–Crippen MR) is 103 cm³/mol. The molecule has 0 saturated heterocycles. The first-order valence-corrected chi connectivity index (χ1v) is 8.11. The molecule has 0 bridgehead atoms. The van der Waals surface area contributed by atoms with E-state index < -0.39 is 0 Å². The summed E-state index contributed by atoms with van der Waals surface area (Å²) < 4.78 is 0. The summed E-state index contributed by atoms with van der Waals surface area (Å²) in [6, 6.07) is 12.1. The molecule has 0 fully saturated rings. The molecule has 26 heavy (non-hydrogen) atoms. The molecule has 2 aromatic carbocycles. The first kappa shape index (κ1) is 19.0. The van der Waals surface area contributed by atoms with Gasteiger partial charge in [-0.05, 0) is 30.7 Å². The molecule has 7 nitrogen and oxygen atoms in total. The summed E-state index contributed by atoms with van der Waals surface area (Å²) in [7, 11) is 3.15. The molecule has 136 valence electrons. The maximum atomic E-state index is 12.4. The van der Waals surface area contributed by atoms with Crippen molar-refractivity contribution in [2.45, 2.75) is 13.5 Å². The Morgan fingerprint density at radius 3 is 2.50 bits per heavy atom. The number of carbonyl (C=O) groups excluding carboxylic acids is 2. The molecular weight excluding hydrogens is 330 g/mol. The summed E-state index contributed by atoms with van der Waals surface area (Å²) in [5.41, 5.74) is 8.94. The van der Waals surface area contributed by atoms with Gasteiger partial charge in [0.05, 0.1) is 5.69 Å². The second-order valence-electron chi connectivity index (χ2n) is 5.92. The minimum absolute atomic E-state index is 0.0908. The van der Waals surface area contributed by atoms with E-state index in [0.717, 1.165) is 11.1 Å². The molecule has 0 saturated carbocycles. The Morgan fingerprint density at radius 2 is 1.88 bits per heavy atom. The summed E-state index contributed by atoms with van der Waals surface area (Å²) in [5, 5.41) is 13.0. The fourth-order valence-electron chi connectivity index (χ4n) is 2.53. The van der Waals surface area contributed by atoms with Crippen molar-refractivity contribution >= 4 is 23.5 Å². The molecule has 0 spiro atoms. The number of hydrogen-bond donors (Lipinski definition) is 4. The molecule has 0 aliphatic rings. The van der Waals surface area contributed by atoms with Gasteiger partial charge in [-0.3, -0.25) is 15.1 Å². The largest absolute Gasteiger partial charge is 0.384 e. The van der Waals surface area contributed by atoms with Crippen LogP contribution >= 0.6 is 0 Å². The van der Waals surface area contributed by atoms with Gasteiger partial charge in [0.15, 0.2) is 0 Å². The number of benzene rings is 2. The van der Waals surface area contributed by atoms with E-state index in [2.05, 4.69) is 10.6 Å².